The van der Waals surface area contributed by atoms with Gasteiger partial charge in [-0.25, -0.2) is 0 Å². The van der Waals surface area contributed by atoms with Gasteiger partial charge in [-0.15, -0.1) is 0 Å². The molecule has 3 aromatic rings. The number of carbonyl (C=O) groups excluding carboxylic acids is 2. The average Bonchev–Trinajstić information content (AvgIpc) is 3.01. The number of methoxy groups -OCH3 is 2. The lowest BCUT2D eigenvalue weighted by Crippen LogP contribution is -2.43. The summed E-state index contributed by atoms with van der Waals surface area (Å²) in [6, 6.07) is 19.9. The zero-order chi connectivity index (χ0) is 29.2. The Morgan fingerprint density at radius 3 is 2.17 bits per heavy atom. The molecule has 0 heterocycles. The predicted octanol–water partition coefficient (Wildman–Crippen LogP) is 6.66. The molecule has 4 rings (SSSR count). The Labute approximate surface area is 238 Å². The van der Waals surface area contributed by atoms with Crippen LogP contribution < -0.4 is 14.8 Å². The van der Waals surface area contributed by atoms with E-state index in [4.69, 9.17) is 15.0 Å². The van der Waals surface area contributed by atoms with Gasteiger partial charge in [0.2, 0.25) is 0 Å². The fraction of sp³-hybridized carbons (Fsp3) is 0.290. The third kappa shape index (κ3) is 7.17. The molecule has 0 aromatic heterocycles. The minimum Gasteiger partial charge on any atom is -0.505 e. The maximum absolute atomic E-state index is 14.2. The Hall–Kier alpha value is -4.95. The van der Waals surface area contributed by atoms with Gasteiger partial charge in [-0.2, -0.15) is 0 Å². The second kappa shape index (κ2) is 13.9. The number of nitrogens with one attached hydrogen (secondary N) is 1. The molecule has 41 heavy (non-hydrogen) atoms. The summed E-state index contributed by atoms with van der Waals surface area (Å²) in [5.41, 5.74) is 10.1. The Kier molecular flexibility index (Phi) is 9.85. The highest BCUT2D eigenvalue weighted by atomic mass is 16.5. The highest BCUT2D eigenvalue weighted by molar-refractivity contribution is 6.08. The van der Waals surface area contributed by atoms with E-state index in [1.807, 2.05) is 0 Å². The summed E-state index contributed by atoms with van der Waals surface area (Å²) < 4.78 is 10.5. The number of hydrogen-bond donors (Lipinski definition) is 2. The van der Waals surface area contributed by atoms with E-state index in [-0.39, 0.29) is 35.3 Å². The number of hydrogen-bond acceptors (Lipinski definition) is 6. The fourth-order valence-corrected chi connectivity index (χ4v) is 4.85. The van der Waals surface area contributed by atoms with Crippen LogP contribution in [0.15, 0.2) is 83.6 Å². The van der Waals surface area contributed by atoms with E-state index in [0.29, 0.717) is 22.6 Å². The van der Waals surface area contributed by atoms with Gasteiger partial charge in [0.25, 0.3) is 11.8 Å². The Morgan fingerprint density at radius 2 is 1.56 bits per heavy atom. The summed E-state index contributed by atoms with van der Waals surface area (Å²) in [4.78, 5) is 32.3. The summed E-state index contributed by atoms with van der Waals surface area (Å²) in [5, 5.41) is 18.4. The van der Waals surface area contributed by atoms with Gasteiger partial charge in [0.05, 0.1) is 26.5 Å². The van der Waals surface area contributed by atoms with E-state index in [2.05, 4.69) is 15.3 Å². The highest BCUT2D eigenvalue weighted by Crippen LogP contribution is 2.29. The molecule has 1 aliphatic rings. The van der Waals surface area contributed by atoms with Crippen molar-refractivity contribution in [3.8, 4) is 11.5 Å². The van der Waals surface area contributed by atoms with Crippen LogP contribution >= 0.6 is 0 Å². The molecular weight excluding hydrogens is 522 g/mol. The SMILES string of the molecule is COc1ccc(CN(C(=O)c2ccccc2N=[N+]=[N-])/C(C(=O)NC2CCCCC2)=C(/O)c2ccc(OC)cc2)cc1. The van der Waals surface area contributed by atoms with Gasteiger partial charge < -0.3 is 19.9 Å². The van der Waals surface area contributed by atoms with Gasteiger partial charge in [0, 0.05) is 22.1 Å². The molecule has 1 fully saturated rings. The monoisotopic (exact) mass is 555 g/mol. The summed E-state index contributed by atoms with van der Waals surface area (Å²) in [6.07, 6.45) is 4.71. The molecule has 2 N–H and O–H groups in total. The maximum atomic E-state index is 14.2. The Balaban J connectivity index is 1.87. The number of nitrogens with zero attached hydrogens (tertiary/aromatic N) is 4. The number of carbonyl (C=O) groups is 2. The average molecular weight is 556 g/mol. The van der Waals surface area contributed by atoms with Gasteiger partial charge in [0.1, 0.15) is 11.5 Å². The second-order valence-corrected chi connectivity index (χ2v) is 9.68. The van der Waals surface area contributed by atoms with E-state index < -0.39 is 11.8 Å². The van der Waals surface area contributed by atoms with Crippen LogP contribution in [-0.4, -0.2) is 42.1 Å². The normalized spacial score (nSPS) is 13.8. The zero-order valence-electron chi connectivity index (χ0n) is 23.1. The number of benzene rings is 3. The third-order valence-electron chi connectivity index (χ3n) is 7.04. The van der Waals surface area contributed by atoms with E-state index in [1.165, 1.54) is 24.1 Å². The van der Waals surface area contributed by atoms with Crippen molar-refractivity contribution in [1.29, 1.82) is 0 Å². The molecule has 0 aliphatic heterocycles. The molecule has 0 saturated heterocycles. The van der Waals surface area contributed by atoms with Crippen LogP contribution in [0.25, 0.3) is 16.2 Å². The summed E-state index contributed by atoms with van der Waals surface area (Å²) in [6.45, 7) is -0.0545. The zero-order valence-corrected chi connectivity index (χ0v) is 23.1. The second-order valence-electron chi connectivity index (χ2n) is 9.68. The van der Waals surface area contributed by atoms with Crippen molar-refractivity contribution in [2.45, 2.75) is 44.7 Å². The van der Waals surface area contributed by atoms with Crippen molar-refractivity contribution < 1.29 is 24.2 Å². The maximum Gasteiger partial charge on any atom is 0.272 e. The van der Waals surface area contributed by atoms with Crippen molar-refractivity contribution in [3.05, 3.63) is 106 Å². The largest absolute Gasteiger partial charge is 0.505 e. The fourth-order valence-electron chi connectivity index (χ4n) is 4.85. The minimum atomic E-state index is -0.613. The van der Waals surface area contributed by atoms with Crippen molar-refractivity contribution in [2.75, 3.05) is 14.2 Å². The van der Waals surface area contributed by atoms with Gasteiger partial charge in [0.15, 0.2) is 11.5 Å². The number of aliphatic hydroxyl groups excluding tert-OH is 1. The van der Waals surface area contributed by atoms with Crippen molar-refractivity contribution in [2.24, 2.45) is 5.11 Å². The molecule has 3 aromatic carbocycles. The Bertz CT molecular complexity index is 1440. The first kappa shape index (κ1) is 29.0. The molecular formula is C31H33N5O5. The molecule has 2 amide bonds. The number of rotatable bonds is 10. The molecule has 1 saturated carbocycles. The van der Waals surface area contributed by atoms with Crippen molar-refractivity contribution in [1.82, 2.24) is 10.2 Å². The number of amides is 2. The molecule has 212 valence electrons. The molecule has 0 unspecified atom stereocenters. The van der Waals surface area contributed by atoms with Crippen LogP contribution in [0.5, 0.6) is 11.5 Å². The lowest BCUT2D eigenvalue weighted by molar-refractivity contribution is -0.119. The summed E-state index contributed by atoms with van der Waals surface area (Å²) >= 11 is 0. The van der Waals surface area contributed by atoms with E-state index >= 15 is 0 Å². The van der Waals surface area contributed by atoms with Crippen LogP contribution in [0.3, 0.4) is 0 Å². The predicted molar refractivity (Wildman–Crippen MR) is 156 cm³/mol. The van der Waals surface area contributed by atoms with E-state index in [0.717, 1.165) is 32.1 Å². The van der Waals surface area contributed by atoms with Gasteiger partial charge in [-0.1, -0.05) is 54.7 Å². The van der Waals surface area contributed by atoms with E-state index in [9.17, 15) is 14.7 Å². The first-order valence-corrected chi connectivity index (χ1v) is 13.4. The number of azide groups is 1. The van der Waals surface area contributed by atoms with Gasteiger partial charge in [-0.3, -0.25) is 14.5 Å². The van der Waals surface area contributed by atoms with Gasteiger partial charge >= 0.3 is 0 Å². The molecule has 0 bridgehead atoms. The number of ether oxygens (including phenoxy) is 2. The molecule has 0 atom stereocenters. The Morgan fingerprint density at radius 1 is 0.951 bits per heavy atom. The summed E-state index contributed by atoms with van der Waals surface area (Å²) in [5.74, 6) is -0.355. The van der Waals surface area contributed by atoms with Gasteiger partial charge in [-0.05, 0) is 66.4 Å². The van der Waals surface area contributed by atoms with E-state index in [1.54, 1.807) is 67.8 Å². The summed E-state index contributed by atoms with van der Waals surface area (Å²) in [7, 11) is 3.09. The van der Waals surface area contributed by atoms with Crippen LogP contribution in [0.1, 0.15) is 53.6 Å². The van der Waals surface area contributed by atoms with Crippen LogP contribution in [0.2, 0.25) is 0 Å². The lowest BCUT2D eigenvalue weighted by Gasteiger charge is -2.29. The molecule has 0 radical (unpaired) electrons. The minimum absolute atomic E-state index is 0.0545. The highest BCUT2D eigenvalue weighted by Gasteiger charge is 2.31. The van der Waals surface area contributed by atoms with Crippen LogP contribution in [-0.2, 0) is 11.3 Å². The van der Waals surface area contributed by atoms with Crippen molar-refractivity contribution in [3.63, 3.8) is 0 Å². The molecule has 10 nitrogen and oxygen atoms in total. The standard InChI is InChI=1S/C31H33N5O5/c1-40-24-16-12-21(13-17-24)20-36(31(39)26-10-6-7-11-27(26)34-35-32)28(30(38)33-23-8-4-3-5-9-23)29(37)22-14-18-25(41-2)19-15-22/h6-7,10-19,23,37H,3-5,8-9,20H2,1-2H3,(H,33,38)/b29-28+. The first-order chi connectivity index (χ1) is 19.9. The van der Waals surface area contributed by atoms with Crippen molar-refractivity contribution >= 4 is 23.3 Å². The first-order valence-electron chi connectivity index (χ1n) is 13.4. The molecule has 10 heteroatoms. The molecule has 1 aliphatic carbocycles. The topological polar surface area (TPSA) is 137 Å². The quantitative estimate of drug-likeness (QED) is 0.0947. The van der Waals surface area contributed by atoms with Crippen LogP contribution in [0.4, 0.5) is 5.69 Å². The number of aliphatic hydroxyl groups is 1. The third-order valence-corrected chi connectivity index (χ3v) is 7.04. The lowest BCUT2D eigenvalue weighted by atomic mass is 9.95. The molecule has 0 spiro atoms. The van der Waals surface area contributed by atoms with Crippen LogP contribution in [0, 0.1) is 0 Å². The smallest absolute Gasteiger partial charge is 0.272 e.